The average molecular weight is 510 g/mol. The lowest BCUT2D eigenvalue weighted by molar-refractivity contribution is -0.122. The van der Waals surface area contributed by atoms with Crippen molar-refractivity contribution in [2.24, 2.45) is 0 Å². The Morgan fingerprint density at radius 3 is 2.54 bits per heavy atom. The number of morpholine rings is 1. The first-order chi connectivity index (χ1) is 17.8. The van der Waals surface area contributed by atoms with E-state index < -0.39 is 12.2 Å². The molecular formula is C27H26F3N5O2. The number of rotatable bonds is 5. The van der Waals surface area contributed by atoms with E-state index in [0.29, 0.717) is 55.5 Å². The Labute approximate surface area is 213 Å². The number of hydrogen-bond donors (Lipinski definition) is 1. The summed E-state index contributed by atoms with van der Waals surface area (Å²) in [5.41, 5.74) is 2.04. The highest BCUT2D eigenvalue weighted by molar-refractivity contribution is 6.06. The van der Waals surface area contributed by atoms with Crippen LogP contribution in [-0.4, -0.2) is 62.1 Å². The molecule has 0 unspecified atom stereocenters. The Bertz CT molecular complexity index is 1310. The summed E-state index contributed by atoms with van der Waals surface area (Å²) in [7, 11) is 1.78. The summed E-state index contributed by atoms with van der Waals surface area (Å²) in [6.07, 6.45) is -2.37. The molecule has 1 amide bonds. The molecule has 37 heavy (non-hydrogen) atoms. The molecule has 1 N–H and O–H groups in total. The number of carbonyl (C=O) groups excluding carboxylic acids is 1. The summed E-state index contributed by atoms with van der Waals surface area (Å²) in [5, 5.41) is 2.95. The van der Waals surface area contributed by atoms with E-state index in [1.165, 1.54) is 36.7 Å². The predicted molar refractivity (Wildman–Crippen MR) is 135 cm³/mol. The van der Waals surface area contributed by atoms with E-state index in [2.05, 4.69) is 32.0 Å². The van der Waals surface area contributed by atoms with Crippen LogP contribution in [0.15, 0.2) is 54.9 Å². The van der Waals surface area contributed by atoms with Gasteiger partial charge in [-0.3, -0.25) is 9.78 Å². The molecule has 3 aromatic rings. The maximum absolute atomic E-state index is 14.2. The van der Waals surface area contributed by atoms with E-state index in [1.807, 2.05) is 13.0 Å². The number of carbonyl (C=O) groups is 1. The zero-order valence-electron chi connectivity index (χ0n) is 20.5. The van der Waals surface area contributed by atoms with Crippen molar-refractivity contribution in [1.82, 2.24) is 15.3 Å². The number of aryl methyl sites for hydroxylation is 1. The molecule has 1 saturated heterocycles. The normalized spacial score (nSPS) is 13.6. The van der Waals surface area contributed by atoms with Gasteiger partial charge in [-0.05, 0) is 73.0 Å². The summed E-state index contributed by atoms with van der Waals surface area (Å²) in [5.74, 6) is 5.49. The molecule has 1 fully saturated rings. The van der Waals surface area contributed by atoms with Crippen molar-refractivity contribution in [3.63, 3.8) is 0 Å². The number of ether oxygens (including phenoxy) is 1. The molecule has 0 bridgehead atoms. The van der Waals surface area contributed by atoms with Gasteiger partial charge in [0, 0.05) is 31.0 Å². The maximum Gasteiger partial charge on any atom is 0.491 e. The van der Waals surface area contributed by atoms with Crippen LogP contribution >= 0.6 is 0 Å². The lowest BCUT2D eigenvalue weighted by Crippen LogP contribution is -2.43. The molecule has 7 nitrogen and oxygen atoms in total. The van der Waals surface area contributed by atoms with E-state index >= 15 is 0 Å². The number of pyridine rings is 2. The van der Waals surface area contributed by atoms with Crippen LogP contribution in [0.25, 0.3) is 11.1 Å². The van der Waals surface area contributed by atoms with Crippen LogP contribution in [0.2, 0.25) is 0 Å². The minimum atomic E-state index is -4.94. The van der Waals surface area contributed by atoms with Crippen LogP contribution < -0.4 is 15.1 Å². The quantitative estimate of drug-likeness (QED) is 0.414. The summed E-state index contributed by atoms with van der Waals surface area (Å²) < 4.78 is 47.9. The number of benzene rings is 1. The molecule has 0 aliphatic carbocycles. The Balaban J connectivity index is 1.81. The van der Waals surface area contributed by atoms with Crippen LogP contribution in [-0.2, 0) is 4.74 Å². The lowest BCUT2D eigenvalue weighted by Gasteiger charge is -2.28. The van der Waals surface area contributed by atoms with Gasteiger partial charge < -0.3 is 15.0 Å². The predicted octanol–water partition coefficient (Wildman–Crippen LogP) is 4.03. The topological polar surface area (TPSA) is 70.6 Å². The second-order valence-electron chi connectivity index (χ2n) is 8.37. The van der Waals surface area contributed by atoms with E-state index in [4.69, 9.17) is 4.74 Å². The van der Waals surface area contributed by atoms with Gasteiger partial charge in [-0.1, -0.05) is 12.0 Å². The molecule has 0 atom stereocenters. The number of halogens is 3. The molecule has 4 rings (SSSR count). The van der Waals surface area contributed by atoms with Crippen LogP contribution in [0.1, 0.15) is 21.6 Å². The summed E-state index contributed by atoms with van der Waals surface area (Å²) >= 11 is 0. The summed E-state index contributed by atoms with van der Waals surface area (Å²) in [6.45, 7) is 4.66. The SMILES string of the molecule is CNCC#Cc1cc(-c2cc(N(C(=O)c3ccncc3)C(F)(F)F)ccc2C)cc(N2CCOCC2)n1. The third-order valence-electron chi connectivity index (χ3n) is 5.80. The second kappa shape index (κ2) is 11.4. The number of anilines is 2. The number of amides is 1. The minimum absolute atomic E-state index is 0.116. The monoisotopic (exact) mass is 509 g/mol. The number of hydrogen-bond acceptors (Lipinski definition) is 6. The van der Waals surface area contributed by atoms with Crippen molar-refractivity contribution in [1.29, 1.82) is 0 Å². The van der Waals surface area contributed by atoms with Crippen LogP contribution in [0.5, 0.6) is 0 Å². The molecule has 0 radical (unpaired) electrons. The van der Waals surface area contributed by atoms with Crippen molar-refractivity contribution in [3.8, 4) is 23.0 Å². The van der Waals surface area contributed by atoms with Gasteiger partial charge in [-0.15, -0.1) is 13.2 Å². The van der Waals surface area contributed by atoms with Gasteiger partial charge in [0.2, 0.25) is 0 Å². The van der Waals surface area contributed by atoms with E-state index in [9.17, 15) is 18.0 Å². The van der Waals surface area contributed by atoms with Crippen LogP contribution in [0.4, 0.5) is 24.7 Å². The van der Waals surface area contributed by atoms with Gasteiger partial charge in [0.1, 0.15) is 11.5 Å². The maximum atomic E-state index is 14.2. The van der Waals surface area contributed by atoms with Gasteiger partial charge in [0.05, 0.1) is 25.4 Å². The number of alkyl halides is 3. The van der Waals surface area contributed by atoms with Crippen molar-refractivity contribution >= 4 is 17.4 Å². The van der Waals surface area contributed by atoms with Gasteiger partial charge >= 0.3 is 6.30 Å². The largest absolute Gasteiger partial charge is 0.491 e. The van der Waals surface area contributed by atoms with Crippen molar-refractivity contribution < 1.29 is 22.7 Å². The molecule has 1 aromatic carbocycles. The Morgan fingerprint density at radius 2 is 1.86 bits per heavy atom. The third kappa shape index (κ3) is 6.25. The number of nitrogens with one attached hydrogen (secondary N) is 1. The molecule has 1 aliphatic rings. The van der Waals surface area contributed by atoms with Gasteiger partial charge in [-0.2, -0.15) is 0 Å². The lowest BCUT2D eigenvalue weighted by atomic mass is 9.99. The zero-order chi connectivity index (χ0) is 26.4. The Kier molecular flexibility index (Phi) is 8.06. The van der Waals surface area contributed by atoms with Crippen molar-refractivity contribution in [2.45, 2.75) is 13.2 Å². The molecule has 3 heterocycles. The number of aromatic nitrogens is 2. The fourth-order valence-corrected chi connectivity index (χ4v) is 3.98. The minimum Gasteiger partial charge on any atom is -0.378 e. The van der Waals surface area contributed by atoms with Gasteiger partial charge in [-0.25, -0.2) is 9.88 Å². The van der Waals surface area contributed by atoms with Crippen molar-refractivity contribution in [2.75, 3.05) is 49.7 Å². The second-order valence-corrected chi connectivity index (χ2v) is 8.37. The molecule has 0 saturated carbocycles. The van der Waals surface area contributed by atoms with Crippen LogP contribution in [0.3, 0.4) is 0 Å². The fourth-order valence-electron chi connectivity index (χ4n) is 3.98. The van der Waals surface area contributed by atoms with E-state index in [1.54, 1.807) is 19.2 Å². The third-order valence-corrected chi connectivity index (χ3v) is 5.80. The van der Waals surface area contributed by atoms with Crippen LogP contribution in [0, 0.1) is 18.8 Å². The highest BCUT2D eigenvalue weighted by Crippen LogP contribution is 2.35. The number of nitrogens with zero attached hydrogens (tertiary/aromatic N) is 4. The fraction of sp³-hybridized carbons (Fsp3) is 0.296. The van der Waals surface area contributed by atoms with Gasteiger partial charge in [0.15, 0.2) is 0 Å². The zero-order valence-corrected chi connectivity index (χ0v) is 20.5. The molecule has 0 spiro atoms. The molecule has 2 aromatic heterocycles. The van der Waals surface area contributed by atoms with Crippen molar-refractivity contribution in [3.05, 3.63) is 71.7 Å². The standard InChI is InChI=1S/C27H26F3N5O2/c1-19-5-6-23(35(27(28,29)30)26(36)20-7-10-32-11-8-20)18-24(19)21-16-22(4-3-9-31-2)33-25(17-21)34-12-14-37-15-13-34/h5-8,10-11,16-18,31H,9,12-15H2,1-2H3. The Hall–Kier alpha value is -3.94. The smallest absolute Gasteiger partial charge is 0.378 e. The summed E-state index contributed by atoms with van der Waals surface area (Å²) in [6, 6.07) is 10.3. The first-order valence-corrected chi connectivity index (χ1v) is 11.7. The average Bonchev–Trinajstić information content (AvgIpc) is 2.90. The van der Waals surface area contributed by atoms with E-state index in [-0.39, 0.29) is 16.2 Å². The summed E-state index contributed by atoms with van der Waals surface area (Å²) in [4.78, 5) is 23.3. The first kappa shape index (κ1) is 26.1. The molecule has 1 aliphatic heterocycles. The highest BCUT2D eigenvalue weighted by Gasteiger charge is 2.43. The van der Waals surface area contributed by atoms with E-state index in [0.717, 1.165) is 5.56 Å². The first-order valence-electron chi connectivity index (χ1n) is 11.7. The molecule has 192 valence electrons. The molecular weight excluding hydrogens is 483 g/mol. The van der Waals surface area contributed by atoms with Gasteiger partial charge in [0.25, 0.3) is 5.91 Å². The Morgan fingerprint density at radius 1 is 1.14 bits per heavy atom. The molecule has 10 heteroatoms. The highest BCUT2D eigenvalue weighted by atomic mass is 19.4.